The van der Waals surface area contributed by atoms with E-state index in [0.29, 0.717) is 24.5 Å². The highest BCUT2D eigenvalue weighted by Crippen LogP contribution is 2.31. The molecule has 1 atom stereocenters. The highest BCUT2D eigenvalue weighted by atomic mass is 16.5. The number of para-hydroxylation sites is 1. The molecule has 0 radical (unpaired) electrons. The SMILES string of the molecule is CC(C)[C@H](NC(=O)c1cccc2c1OCCN2)C(=O)O. The third-order valence-corrected chi connectivity index (χ3v) is 3.14. The van der Waals surface area contributed by atoms with Crippen molar-refractivity contribution in [2.75, 3.05) is 18.5 Å². The third kappa shape index (κ3) is 2.84. The van der Waals surface area contributed by atoms with Gasteiger partial charge in [-0.2, -0.15) is 0 Å². The number of carboxylic acids is 1. The maximum absolute atomic E-state index is 12.3. The molecule has 0 unspecified atom stereocenters. The number of fused-ring (bicyclic) bond motifs is 1. The van der Waals surface area contributed by atoms with E-state index in [9.17, 15) is 9.59 Å². The quantitative estimate of drug-likeness (QED) is 0.773. The first-order valence-corrected chi connectivity index (χ1v) is 6.54. The van der Waals surface area contributed by atoms with Gasteiger partial charge in [0.2, 0.25) is 0 Å². The first kappa shape index (κ1) is 14.2. The Morgan fingerprint density at radius 2 is 2.15 bits per heavy atom. The van der Waals surface area contributed by atoms with Gasteiger partial charge in [0.1, 0.15) is 12.6 Å². The summed E-state index contributed by atoms with van der Waals surface area (Å²) in [6.07, 6.45) is 0. The predicted molar refractivity (Wildman–Crippen MR) is 74.2 cm³/mol. The van der Waals surface area contributed by atoms with Gasteiger partial charge in [0, 0.05) is 6.54 Å². The molecule has 6 heteroatoms. The van der Waals surface area contributed by atoms with Crippen molar-refractivity contribution in [3.63, 3.8) is 0 Å². The lowest BCUT2D eigenvalue weighted by Crippen LogP contribution is -2.44. The van der Waals surface area contributed by atoms with Crippen LogP contribution in [0.2, 0.25) is 0 Å². The van der Waals surface area contributed by atoms with E-state index in [2.05, 4.69) is 10.6 Å². The van der Waals surface area contributed by atoms with Gasteiger partial charge >= 0.3 is 5.97 Å². The summed E-state index contributed by atoms with van der Waals surface area (Å²) in [5.74, 6) is -1.21. The zero-order chi connectivity index (χ0) is 14.7. The molecule has 1 heterocycles. The lowest BCUT2D eigenvalue weighted by Gasteiger charge is -2.23. The Morgan fingerprint density at radius 3 is 2.80 bits per heavy atom. The Morgan fingerprint density at radius 1 is 1.40 bits per heavy atom. The van der Waals surface area contributed by atoms with E-state index in [1.54, 1.807) is 26.0 Å². The van der Waals surface area contributed by atoms with Crippen LogP contribution in [0, 0.1) is 5.92 Å². The maximum Gasteiger partial charge on any atom is 0.326 e. The zero-order valence-electron chi connectivity index (χ0n) is 11.5. The van der Waals surface area contributed by atoms with Gasteiger partial charge in [-0.1, -0.05) is 19.9 Å². The molecule has 1 aliphatic rings. The molecule has 0 aromatic heterocycles. The van der Waals surface area contributed by atoms with Gasteiger partial charge < -0.3 is 20.5 Å². The fraction of sp³-hybridized carbons (Fsp3) is 0.429. The van der Waals surface area contributed by atoms with E-state index >= 15 is 0 Å². The molecule has 0 spiro atoms. The molecular weight excluding hydrogens is 260 g/mol. The number of amides is 1. The van der Waals surface area contributed by atoms with Crippen molar-refractivity contribution in [1.82, 2.24) is 5.32 Å². The smallest absolute Gasteiger partial charge is 0.326 e. The number of carbonyl (C=O) groups excluding carboxylic acids is 1. The fourth-order valence-corrected chi connectivity index (χ4v) is 2.08. The summed E-state index contributed by atoms with van der Waals surface area (Å²) < 4.78 is 5.51. The second kappa shape index (κ2) is 5.81. The topological polar surface area (TPSA) is 87.7 Å². The summed E-state index contributed by atoms with van der Waals surface area (Å²) in [4.78, 5) is 23.4. The molecule has 0 saturated carbocycles. The number of rotatable bonds is 4. The Kier molecular flexibility index (Phi) is 4.12. The molecule has 1 aliphatic heterocycles. The van der Waals surface area contributed by atoms with Crippen LogP contribution in [0.4, 0.5) is 5.69 Å². The summed E-state index contributed by atoms with van der Waals surface area (Å²) in [5.41, 5.74) is 1.10. The Balaban J connectivity index is 2.23. The monoisotopic (exact) mass is 278 g/mol. The van der Waals surface area contributed by atoms with Gasteiger partial charge in [-0.15, -0.1) is 0 Å². The van der Waals surface area contributed by atoms with Crippen LogP contribution in [-0.4, -0.2) is 36.2 Å². The molecule has 108 valence electrons. The van der Waals surface area contributed by atoms with Crippen LogP contribution in [0.3, 0.4) is 0 Å². The van der Waals surface area contributed by atoms with Gasteiger partial charge in [0.05, 0.1) is 11.3 Å². The zero-order valence-corrected chi connectivity index (χ0v) is 11.5. The van der Waals surface area contributed by atoms with E-state index < -0.39 is 17.9 Å². The van der Waals surface area contributed by atoms with Crippen LogP contribution in [0.1, 0.15) is 24.2 Å². The van der Waals surface area contributed by atoms with E-state index in [1.807, 2.05) is 6.07 Å². The van der Waals surface area contributed by atoms with Gasteiger partial charge in [-0.25, -0.2) is 4.79 Å². The summed E-state index contributed by atoms with van der Waals surface area (Å²) in [7, 11) is 0. The molecule has 1 amide bonds. The molecule has 0 bridgehead atoms. The Labute approximate surface area is 117 Å². The van der Waals surface area contributed by atoms with Crippen molar-refractivity contribution in [2.24, 2.45) is 5.92 Å². The van der Waals surface area contributed by atoms with Crippen molar-refractivity contribution in [3.05, 3.63) is 23.8 Å². The van der Waals surface area contributed by atoms with Gasteiger partial charge in [-0.05, 0) is 18.1 Å². The van der Waals surface area contributed by atoms with Crippen molar-refractivity contribution in [3.8, 4) is 5.75 Å². The normalized spacial score (nSPS) is 14.8. The summed E-state index contributed by atoms with van der Waals surface area (Å²) >= 11 is 0. The Hall–Kier alpha value is -2.24. The molecular formula is C14H18N2O4. The number of carbonyl (C=O) groups is 2. The first-order valence-electron chi connectivity index (χ1n) is 6.54. The fourth-order valence-electron chi connectivity index (χ4n) is 2.08. The highest BCUT2D eigenvalue weighted by molar-refractivity contribution is 6.00. The lowest BCUT2D eigenvalue weighted by atomic mass is 10.0. The third-order valence-electron chi connectivity index (χ3n) is 3.14. The van der Waals surface area contributed by atoms with E-state index in [4.69, 9.17) is 9.84 Å². The van der Waals surface area contributed by atoms with Gasteiger partial charge in [-0.3, -0.25) is 4.79 Å². The largest absolute Gasteiger partial charge is 0.489 e. The van der Waals surface area contributed by atoms with Crippen LogP contribution >= 0.6 is 0 Å². The molecule has 0 saturated heterocycles. The Bertz CT molecular complexity index is 528. The lowest BCUT2D eigenvalue weighted by molar-refractivity contribution is -0.140. The molecule has 1 aromatic rings. The van der Waals surface area contributed by atoms with Gasteiger partial charge in [0.25, 0.3) is 5.91 Å². The summed E-state index contributed by atoms with van der Waals surface area (Å²) in [5, 5.41) is 14.8. The molecule has 1 aromatic carbocycles. The van der Waals surface area contributed by atoms with Crippen molar-refractivity contribution in [2.45, 2.75) is 19.9 Å². The van der Waals surface area contributed by atoms with Crippen molar-refractivity contribution >= 4 is 17.6 Å². The number of anilines is 1. The van der Waals surface area contributed by atoms with Crippen LogP contribution in [0.15, 0.2) is 18.2 Å². The second-order valence-corrected chi connectivity index (χ2v) is 4.99. The number of hydrogen-bond donors (Lipinski definition) is 3. The number of ether oxygens (including phenoxy) is 1. The van der Waals surface area contributed by atoms with Crippen molar-refractivity contribution in [1.29, 1.82) is 0 Å². The van der Waals surface area contributed by atoms with Crippen LogP contribution in [-0.2, 0) is 4.79 Å². The molecule has 2 rings (SSSR count). The maximum atomic E-state index is 12.3. The molecule has 3 N–H and O–H groups in total. The van der Waals surface area contributed by atoms with Crippen LogP contribution in [0.25, 0.3) is 0 Å². The molecule has 0 aliphatic carbocycles. The minimum absolute atomic E-state index is 0.199. The minimum Gasteiger partial charge on any atom is -0.489 e. The van der Waals surface area contributed by atoms with Crippen LogP contribution < -0.4 is 15.4 Å². The standard InChI is InChI=1S/C14H18N2O4/c1-8(2)11(14(18)19)16-13(17)9-4-3-5-10-12(9)20-7-6-15-10/h3-5,8,11,15H,6-7H2,1-2H3,(H,16,17)(H,18,19)/t11-/m0/s1. The summed E-state index contributed by atoms with van der Waals surface area (Å²) in [6.45, 7) is 4.65. The van der Waals surface area contributed by atoms with E-state index in [-0.39, 0.29) is 5.92 Å². The number of nitrogens with one attached hydrogen (secondary N) is 2. The number of benzene rings is 1. The highest BCUT2D eigenvalue weighted by Gasteiger charge is 2.26. The minimum atomic E-state index is -1.04. The molecule has 0 fully saturated rings. The second-order valence-electron chi connectivity index (χ2n) is 4.99. The van der Waals surface area contributed by atoms with Crippen molar-refractivity contribution < 1.29 is 19.4 Å². The average molecular weight is 278 g/mol. The first-order chi connectivity index (χ1) is 9.50. The summed E-state index contributed by atoms with van der Waals surface area (Å²) in [6, 6.07) is 4.26. The number of carboxylic acid groups (broad SMARTS) is 1. The predicted octanol–water partition coefficient (Wildman–Crippen LogP) is 1.33. The molecule has 20 heavy (non-hydrogen) atoms. The van der Waals surface area contributed by atoms with Crippen LogP contribution in [0.5, 0.6) is 5.75 Å². The van der Waals surface area contributed by atoms with E-state index in [0.717, 1.165) is 5.69 Å². The van der Waals surface area contributed by atoms with E-state index in [1.165, 1.54) is 0 Å². The average Bonchev–Trinajstić information content (AvgIpc) is 2.43. The number of aliphatic carboxylic acids is 1. The van der Waals surface area contributed by atoms with Gasteiger partial charge in [0.15, 0.2) is 5.75 Å². The molecule has 6 nitrogen and oxygen atoms in total. The number of hydrogen-bond acceptors (Lipinski definition) is 4.